The molecule has 1 aliphatic carbocycles. The maximum absolute atomic E-state index is 12.4. The van der Waals surface area contributed by atoms with Crippen LogP contribution in [0.1, 0.15) is 47.0 Å². The minimum atomic E-state index is -0.425. The van der Waals surface area contributed by atoms with Gasteiger partial charge in [0.25, 0.3) is 11.8 Å². The Balaban J connectivity index is 1.78. The number of fused-ring (bicyclic) bond motifs is 1. The van der Waals surface area contributed by atoms with E-state index in [9.17, 15) is 9.59 Å². The SMILES string of the molecule is C[C@H](C(=O)Nc1sc2c(c1C(N)=O)CCC2)[NH+]1CCCC1. The number of amides is 2. The van der Waals surface area contributed by atoms with Crippen LogP contribution in [0, 0.1) is 0 Å². The Bertz CT molecular complexity index is 576. The highest BCUT2D eigenvalue weighted by atomic mass is 32.1. The summed E-state index contributed by atoms with van der Waals surface area (Å²) in [5.74, 6) is -0.430. The topological polar surface area (TPSA) is 76.6 Å². The zero-order valence-electron chi connectivity index (χ0n) is 12.3. The lowest BCUT2D eigenvalue weighted by Gasteiger charge is -2.19. The number of hydrogen-bond donors (Lipinski definition) is 3. The van der Waals surface area contributed by atoms with Crippen molar-refractivity contribution in [3.05, 3.63) is 16.0 Å². The van der Waals surface area contributed by atoms with Crippen LogP contribution < -0.4 is 16.0 Å². The van der Waals surface area contributed by atoms with Gasteiger partial charge in [-0.05, 0) is 31.7 Å². The highest BCUT2D eigenvalue weighted by Crippen LogP contribution is 2.38. The Labute approximate surface area is 128 Å². The number of hydrogen-bond acceptors (Lipinski definition) is 3. The van der Waals surface area contributed by atoms with E-state index in [-0.39, 0.29) is 11.9 Å². The predicted molar refractivity (Wildman–Crippen MR) is 82.9 cm³/mol. The number of nitrogens with two attached hydrogens (primary N) is 1. The second-order valence-electron chi connectivity index (χ2n) is 6.00. The Morgan fingerprint density at radius 3 is 2.62 bits per heavy atom. The maximum atomic E-state index is 12.4. The summed E-state index contributed by atoms with van der Waals surface area (Å²) in [6.07, 6.45) is 5.33. The molecule has 5 nitrogen and oxygen atoms in total. The minimum absolute atomic E-state index is 0.00526. The molecule has 4 N–H and O–H groups in total. The summed E-state index contributed by atoms with van der Waals surface area (Å²) >= 11 is 1.52. The van der Waals surface area contributed by atoms with E-state index in [0.29, 0.717) is 10.6 Å². The van der Waals surface area contributed by atoms with Crippen LogP contribution in [0.3, 0.4) is 0 Å². The first-order valence-electron chi connectivity index (χ1n) is 7.67. The fourth-order valence-electron chi connectivity index (χ4n) is 3.42. The zero-order valence-corrected chi connectivity index (χ0v) is 13.1. The van der Waals surface area contributed by atoms with Crippen LogP contribution in [0.15, 0.2) is 0 Å². The number of quaternary nitrogens is 1. The van der Waals surface area contributed by atoms with E-state index in [1.807, 2.05) is 6.92 Å². The Morgan fingerprint density at radius 2 is 1.95 bits per heavy atom. The standard InChI is InChI=1S/C15H21N3O2S/c1-9(18-7-2-3-8-18)14(20)17-15-12(13(16)19)10-5-4-6-11(10)21-15/h9H,2-8H2,1H3,(H2,16,19)(H,17,20)/p+1/t9-/m1/s1. The van der Waals surface area contributed by atoms with Gasteiger partial charge in [-0.25, -0.2) is 0 Å². The van der Waals surface area contributed by atoms with Gasteiger partial charge < -0.3 is 16.0 Å². The molecule has 1 atom stereocenters. The molecule has 3 rings (SSSR count). The lowest BCUT2D eigenvalue weighted by atomic mass is 10.1. The van der Waals surface area contributed by atoms with Gasteiger partial charge in [-0.3, -0.25) is 9.59 Å². The maximum Gasteiger partial charge on any atom is 0.282 e. The van der Waals surface area contributed by atoms with Crippen LogP contribution in [0.4, 0.5) is 5.00 Å². The highest BCUT2D eigenvalue weighted by molar-refractivity contribution is 7.17. The number of rotatable bonds is 4. The van der Waals surface area contributed by atoms with Crippen molar-refractivity contribution >= 4 is 28.2 Å². The van der Waals surface area contributed by atoms with E-state index in [4.69, 9.17) is 5.73 Å². The van der Waals surface area contributed by atoms with Crippen LogP contribution in [-0.4, -0.2) is 30.9 Å². The monoisotopic (exact) mass is 308 g/mol. The van der Waals surface area contributed by atoms with E-state index in [1.54, 1.807) is 0 Å². The van der Waals surface area contributed by atoms with E-state index >= 15 is 0 Å². The van der Waals surface area contributed by atoms with Crippen LogP contribution >= 0.6 is 11.3 Å². The van der Waals surface area contributed by atoms with Gasteiger partial charge >= 0.3 is 0 Å². The van der Waals surface area contributed by atoms with Crippen molar-refractivity contribution in [2.24, 2.45) is 5.73 Å². The van der Waals surface area contributed by atoms with Crippen molar-refractivity contribution in [2.45, 2.75) is 45.1 Å². The second kappa shape index (κ2) is 5.77. The first-order chi connectivity index (χ1) is 10.1. The molecule has 0 saturated carbocycles. The molecule has 2 amide bonds. The summed E-state index contributed by atoms with van der Waals surface area (Å²) in [6, 6.07) is -0.0785. The molecule has 1 aromatic rings. The highest BCUT2D eigenvalue weighted by Gasteiger charge is 2.31. The third-order valence-electron chi connectivity index (χ3n) is 4.66. The smallest absolute Gasteiger partial charge is 0.282 e. The molecular formula is C15H22N3O2S+. The number of aryl methyl sites for hydroxylation is 1. The Hall–Kier alpha value is -1.40. The Kier molecular flexibility index (Phi) is 3.99. The average molecular weight is 308 g/mol. The van der Waals surface area contributed by atoms with Gasteiger partial charge in [0, 0.05) is 17.7 Å². The van der Waals surface area contributed by atoms with Gasteiger partial charge in [0.05, 0.1) is 18.7 Å². The summed E-state index contributed by atoms with van der Waals surface area (Å²) in [4.78, 5) is 26.7. The lowest BCUT2D eigenvalue weighted by molar-refractivity contribution is -0.901. The van der Waals surface area contributed by atoms with Crippen LogP contribution in [0.5, 0.6) is 0 Å². The summed E-state index contributed by atoms with van der Waals surface area (Å²) in [5, 5.41) is 3.61. The third kappa shape index (κ3) is 2.70. The summed E-state index contributed by atoms with van der Waals surface area (Å²) in [6.45, 7) is 4.07. The largest absolute Gasteiger partial charge is 0.365 e. The number of nitrogens with one attached hydrogen (secondary N) is 2. The van der Waals surface area contributed by atoms with Crippen molar-refractivity contribution < 1.29 is 14.5 Å². The van der Waals surface area contributed by atoms with Crippen molar-refractivity contribution in [2.75, 3.05) is 18.4 Å². The van der Waals surface area contributed by atoms with Gasteiger partial charge in [-0.15, -0.1) is 11.3 Å². The molecular weight excluding hydrogens is 286 g/mol. The number of thiophene rings is 1. The van der Waals surface area contributed by atoms with Gasteiger partial charge in [0.15, 0.2) is 6.04 Å². The Morgan fingerprint density at radius 1 is 1.24 bits per heavy atom. The van der Waals surface area contributed by atoms with Crippen LogP contribution in [-0.2, 0) is 17.6 Å². The zero-order chi connectivity index (χ0) is 15.0. The van der Waals surface area contributed by atoms with E-state index < -0.39 is 5.91 Å². The second-order valence-corrected chi connectivity index (χ2v) is 7.11. The van der Waals surface area contributed by atoms with Gasteiger partial charge in [-0.1, -0.05) is 0 Å². The number of carbonyl (C=O) groups is 2. The molecule has 114 valence electrons. The molecule has 1 aliphatic heterocycles. The molecule has 2 heterocycles. The fraction of sp³-hybridized carbons (Fsp3) is 0.600. The van der Waals surface area contributed by atoms with Gasteiger partial charge in [-0.2, -0.15) is 0 Å². The molecule has 0 bridgehead atoms. The van der Waals surface area contributed by atoms with Crippen molar-refractivity contribution in [3.63, 3.8) is 0 Å². The molecule has 1 saturated heterocycles. The lowest BCUT2D eigenvalue weighted by Crippen LogP contribution is -3.14. The average Bonchev–Trinajstić information content (AvgIpc) is 3.13. The first-order valence-corrected chi connectivity index (χ1v) is 8.49. The quantitative estimate of drug-likeness (QED) is 0.750. The minimum Gasteiger partial charge on any atom is -0.365 e. The number of likely N-dealkylation sites (tertiary alicyclic amines) is 1. The summed E-state index contributed by atoms with van der Waals surface area (Å²) < 4.78 is 0. The molecule has 0 aromatic carbocycles. The molecule has 2 aliphatic rings. The molecule has 1 aromatic heterocycles. The van der Waals surface area contributed by atoms with E-state index in [0.717, 1.165) is 37.9 Å². The van der Waals surface area contributed by atoms with Crippen LogP contribution in [0.2, 0.25) is 0 Å². The van der Waals surface area contributed by atoms with Crippen molar-refractivity contribution in [3.8, 4) is 0 Å². The summed E-state index contributed by atoms with van der Waals surface area (Å²) in [5.41, 5.74) is 7.12. The third-order valence-corrected chi connectivity index (χ3v) is 5.86. The molecule has 0 unspecified atom stereocenters. The van der Waals surface area contributed by atoms with Gasteiger partial charge in [0.1, 0.15) is 5.00 Å². The molecule has 6 heteroatoms. The van der Waals surface area contributed by atoms with E-state index in [2.05, 4.69) is 5.32 Å². The van der Waals surface area contributed by atoms with Crippen LogP contribution in [0.25, 0.3) is 0 Å². The molecule has 1 fully saturated rings. The van der Waals surface area contributed by atoms with Crippen molar-refractivity contribution in [1.82, 2.24) is 0 Å². The number of anilines is 1. The predicted octanol–water partition coefficient (Wildman–Crippen LogP) is 0.341. The molecule has 0 spiro atoms. The normalized spacial score (nSPS) is 19.5. The number of carbonyl (C=O) groups excluding carboxylic acids is 2. The fourth-order valence-corrected chi connectivity index (χ4v) is 4.72. The first kappa shape index (κ1) is 14.5. The summed E-state index contributed by atoms with van der Waals surface area (Å²) in [7, 11) is 0. The molecule has 21 heavy (non-hydrogen) atoms. The van der Waals surface area contributed by atoms with E-state index in [1.165, 1.54) is 34.0 Å². The number of primary amides is 1. The van der Waals surface area contributed by atoms with Gasteiger partial charge in [0.2, 0.25) is 0 Å². The molecule has 0 radical (unpaired) electrons. The van der Waals surface area contributed by atoms with Crippen molar-refractivity contribution in [1.29, 1.82) is 0 Å².